The molecule has 8 nitrogen and oxygen atoms in total. The number of aliphatic hydroxyl groups excluding tert-OH is 1. The fourth-order valence-corrected chi connectivity index (χ4v) is 10.2. The van der Waals surface area contributed by atoms with Crippen LogP contribution in [0.15, 0.2) is 54.8 Å². The van der Waals surface area contributed by atoms with Gasteiger partial charge < -0.3 is 24.8 Å². The average Bonchev–Trinajstić information content (AvgIpc) is 3.78. The van der Waals surface area contributed by atoms with Crippen LogP contribution in [-0.4, -0.2) is 74.5 Å². The minimum atomic E-state index is -0.379. The first-order valence-electron chi connectivity index (χ1n) is 19.2. The van der Waals surface area contributed by atoms with Gasteiger partial charge in [-0.25, -0.2) is 4.39 Å². The lowest BCUT2D eigenvalue weighted by Gasteiger charge is -2.32. The molecule has 6 heterocycles. The van der Waals surface area contributed by atoms with Crippen molar-refractivity contribution in [1.29, 1.82) is 0 Å². The van der Waals surface area contributed by atoms with E-state index in [1.165, 1.54) is 24.5 Å². The molecular formula is C43H48FN5O3. The maximum Gasteiger partial charge on any atom is 0.296 e. The average molecular weight is 702 g/mol. The Labute approximate surface area is 304 Å². The maximum atomic E-state index is 15.4. The molecule has 4 aliphatic heterocycles. The summed E-state index contributed by atoms with van der Waals surface area (Å²) >= 11 is 0. The first kappa shape index (κ1) is 33.4. The number of aromatic nitrogens is 3. The number of nitrogens with zero attached hydrogens (tertiary/aromatic N) is 4. The van der Waals surface area contributed by atoms with E-state index < -0.39 is 0 Å². The highest BCUT2D eigenvalue weighted by molar-refractivity contribution is 6.20. The Balaban J connectivity index is 1.27. The third-order valence-corrected chi connectivity index (χ3v) is 12.5. The Morgan fingerprint density at radius 3 is 2.67 bits per heavy atom. The van der Waals surface area contributed by atoms with Crippen molar-refractivity contribution in [3.05, 3.63) is 71.8 Å². The van der Waals surface area contributed by atoms with Gasteiger partial charge in [0.1, 0.15) is 24.0 Å². The van der Waals surface area contributed by atoms with E-state index in [0.29, 0.717) is 42.9 Å². The van der Waals surface area contributed by atoms with Gasteiger partial charge in [0.25, 0.3) is 6.01 Å². The number of aliphatic hydroxyl groups is 1. The molecule has 3 aromatic carbocycles. The van der Waals surface area contributed by atoms with Crippen molar-refractivity contribution in [2.24, 2.45) is 11.8 Å². The van der Waals surface area contributed by atoms with E-state index in [0.717, 1.165) is 107 Å². The summed E-state index contributed by atoms with van der Waals surface area (Å²) in [6.07, 6.45) is 13.8. The van der Waals surface area contributed by atoms with Crippen molar-refractivity contribution in [2.75, 3.05) is 37.7 Å². The summed E-state index contributed by atoms with van der Waals surface area (Å²) in [5, 5.41) is 25.7. The summed E-state index contributed by atoms with van der Waals surface area (Å²) in [7, 11) is 0. The molecule has 5 aromatic rings. The van der Waals surface area contributed by atoms with Gasteiger partial charge in [-0.15, -0.1) is 0 Å². The molecule has 0 spiro atoms. The third kappa shape index (κ3) is 5.47. The number of phenols is 1. The van der Waals surface area contributed by atoms with Crippen LogP contribution in [0.5, 0.6) is 11.8 Å². The molecular weight excluding hydrogens is 654 g/mol. The number of hydrogen-bond donors (Lipinski definition) is 3. The van der Waals surface area contributed by atoms with Crippen molar-refractivity contribution in [3.8, 4) is 22.9 Å². The Morgan fingerprint density at radius 2 is 1.90 bits per heavy atom. The van der Waals surface area contributed by atoms with Gasteiger partial charge in [0, 0.05) is 30.1 Å². The molecule has 1 aliphatic carbocycles. The number of aromatic hydroxyl groups is 1. The number of aryl methyl sites for hydroxylation is 1. The molecule has 0 saturated carbocycles. The summed E-state index contributed by atoms with van der Waals surface area (Å²) in [5.41, 5.74) is 5.17. The minimum Gasteiger partial charge on any atom is -0.508 e. The lowest BCUT2D eigenvalue weighted by molar-refractivity contribution is 0.108. The van der Waals surface area contributed by atoms with E-state index >= 15 is 4.39 Å². The number of anilines is 1. The van der Waals surface area contributed by atoms with Crippen molar-refractivity contribution in [2.45, 2.75) is 76.9 Å². The number of rotatable bonds is 9. The molecule has 9 heteroatoms. The van der Waals surface area contributed by atoms with Gasteiger partial charge >= 0.3 is 0 Å². The molecule has 52 heavy (non-hydrogen) atoms. The highest BCUT2D eigenvalue weighted by Crippen LogP contribution is 2.46. The zero-order valence-corrected chi connectivity index (χ0v) is 30.2. The number of fused-ring (bicyclic) bond motifs is 8. The lowest BCUT2D eigenvalue weighted by atomic mass is 9.82. The molecule has 270 valence electrons. The molecule has 0 amide bonds. The number of halogens is 1. The minimum absolute atomic E-state index is 0.0524. The second kappa shape index (κ2) is 12.9. The Hall–Kier alpha value is -4.47. The molecule has 2 aromatic heterocycles. The number of H-pyrrole nitrogens is 1. The highest BCUT2D eigenvalue weighted by Gasteiger charge is 2.45. The van der Waals surface area contributed by atoms with Crippen molar-refractivity contribution >= 4 is 44.3 Å². The van der Waals surface area contributed by atoms with Crippen LogP contribution >= 0.6 is 0 Å². The molecule has 3 saturated heterocycles. The summed E-state index contributed by atoms with van der Waals surface area (Å²) in [6, 6.07) is 9.28. The SMILES string of the molecule is C=Cc1ncc2c1c(-c1cc(O)cc3ccc(F)c(CC)c13)cc1[nH]c(OCC34CCCN3CCC4)nc(N3CC4C=C(CC(C)O)C(CC4)C3)c12. The van der Waals surface area contributed by atoms with Crippen LogP contribution in [-0.2, 0) is 6.42 Å². The predicted molar refractivity (Wildman–Crippen MR) is 207 cm³/mol. The second-order valence-corrected chi connectivity index (χ2v) is 15.8. The van der Waals surface area contributed by atoms with E-state index in [1.54, 1.807) is 24.3 Å². The van der Waals surface area contributed by atoms with Gasteiger partial charge in [-0.05, 0) is 141 Å². The fraction of sp³-hybridized carbons (Fsp3) is 0.442. The Morgan fingerprint density at radius 1 is 1.10 bits per heavy atom. The van der Waals surface area contributed by atoms with Gasteiger partial charge in [-0.2, -0.15) is 4.98 Å². The van der Waals surface area contributed by atoms with Crippen molar-refractivity contribution in [3.63, 3.8) is 0 Å². The second-order valence-electron chi connectivity index (χ2n) is 15.8. The van der Waals surface area contributed by atoms with Crippen LogP contribution < -0.4 is 9.64 Å². The van der Waals surface area contributed by atoms with E-state index in [4.69, 9.17) is 14.7 Å². The molecule has 5 aliphatic rings. The normalized spacial score (nSPS) is 21.9. The Kier molecular flexibility index (Phi) is 8.27. The van der Waals surface area contributed by atoms with Gasteiger partial charge in [-0.3, -0.25) is 9.88 Å². The monoisotopic (exact) mass is 701 g/mol. The number of nitrogens with one attached hydrogen (secondary N) is 1. The molecule has 0 radical (unpaired) electrons. The van der Waals surface area contributed by atoms with Crippen LogP contribution in [0.4, 0.5) is 10.2 Å². The smallest absolute Gasteiger partial charge is 0.296 e. The topological polar surface area (TPSA) is 97.7 Å². The number of benzene rings is 3. The van der Waals surface area contributed by atoms with E-state index in [9.17, 15) is 10.2 Å². The van der Waals surface area contributed by atoms with Crippen molar-refractivity contribution in [1.82, 2.24) is 19.9 Å². The number of aromatic amines is 1. The van der Waals surface area contributed by atoms with Crippen LogP contribution in [0.25, 0.3) is 49.7 Å². The Bertz CT molecular complexity index is 2250. The summed E-state index contributed by atoms with van der Waals surface area (Å²) < 4.78 is 22.2. The van der Waals surface area contributed by atoms with Crippen LogP contribution in [0, 0.1) is 17.7 Å². The van der Waals surface area contributed by atoms with E-state index in [1.807, 2.05) is 20.0 Å². The molecule has 3 unspecified atom stereocenters. The van der Waals surface area contributed by atoms with E-state index in [-0.39, 0.29) is 23.2 Å². The van der Waals surface area contributed by atoms with Crippen molar-refractivity contribution < 1.29 is 19.3 Å². The highest BCUT2D eigenvalue weighted by atomic mass is 19.1. The first-order chi connectivity index (χ1) is 25.2. The summed E-state index contributed by atoms with van der Waals surface area (Å²) in [6.45, 7) is 12.4. The molecule has 3 fully saturated rings. The molecule has 10 rings (SSSR count). The molecule has 3 N–H and O–H groups in total. The van der Waals surface area contributed by atoms with Gasteiger partial charge in [-0.1, -0.05) is 31.2 Å². The largest absolute Gasteiger partial charge is 0.508 e. The fourth-order valence-electron chi connectivity index (χ4n) is 10.2. The quantitative estimate of drug-likeness (QED) is 0.133. The van der Waals surface area contributed by atoms with Crippen LogP contribution in [0.1, 0.15) is 70.1 Å². The standard InChI is InChI=1S/C43H48FN5O3/c1-4-31-35(44)11-10-27-18-30(51)19-32(38(27)31)33-20-37-40(34-21-45-36(5-2)39(33)34)41(48-22-26-8-9-28(23-48)29(17-26)16-25(3)50)47-42(46-37)52-24-43-12-6-14-49(43)15-7-13-43/h5,10-11,17-21,25-26,28,50-51H,2,4,6-9,12-16,22-24H2,1,3H3,(H,46,47). The lowest BCUT2D eigenvalue weighted by Crippen LogP contribution is -2.43. The zero-order chi connectivity index (χ0) is 35.7. The van der Waals surface area contributed by atoms with Crippen LogP contribution in [0.3, 0.4) is 0 Å². The third-order valence-electron chi connectivity index (χ3n) is 12.5. The molecule has 2 bridgehead atoms. The van der Waals surface area contributed by atoms with Gasteiger partial charge in [0.15, 0.2) is 0 Å². The number of hydrogen-bond acceptors (Lipinski definition) is 7. The predicted octanol–water partition coefficient (Wildman–Crippen LogP) is 8.53. The number of ether oxygens (including phenoxy) is 1. The van der Waals surface area contributed by atoms with Gasteiger partial charge in [0.2, 0.25) is 0 Å². The van der Waals surface area contributed by atoms with Gasteiger partial charge in [0.05, 0.1) is 28.2 Å². The first-order valence-corrected chi connectivity index (χ1v) is 19.2. The van der Waals surface area contributed by atoms with E-state index in [2.05, 4.69) is 33.5 Å². The van der Waals surface area contributed by atoms with Crippen LogP contribution in [0.2, 0.25) is 0 Å². The zero-order valence-electron chi connectivity index (χ0n) is 30.2. The number of phenolic OH excluding ortho intramolecular Hbond substituents is 1. The maximum absolute atomic E-state index is 15.4. The molecule has 3 atom stereocenters. The summed E-state index contributed by atoms with van der Waals surface area (Å²) in [5.74, 6) is 1.41. The summed E-state index contributed by atoms with van der Waals surface area (Å²) in [4.78, 5) is 18.8.